The van der Waals surface area contributed by atoms with E-state index in [-0.39, 0.29) is 36.1 Å². The van der Waals surface area contributed by atoms with E-state index in [0.29, 0.717) is 69.5 Å². The van der Waals surface area contributed by atoms with E-state index >= 15 is 0 Å². The molecule has 0 aromatic carbocycles. The highest BCUT2D eigenvalue weighted by Crippen LogP contribution is 2.36. The molecule has 0 radical (unpaired) electrons. The molecule has 0 spiro atoms. The van der Waals surface area contributed by atoms with Crippen LogP contribution in [0.4, 0.5) is 5.82 Å². The molecule has 1 amide bonds. The number of ether oxygens (including phenoxy) is 2. The molecule has 1 aromatic heterocycles. The third-order valence-corrected chi connectivity index (χ3v) is 7.59. The lowest BCUT2D eigenvalue weighted by Crippen LogP contribution is -2.48. The molecule has 1 fully saturated rings. The number of carbonyl (C=O) groups excluding carboxylic acids is 2. The zero-order valence-corrected chi connectivity index (χ0v) is 25.9. The molecule has 1 saturated carbocycles. The SMILES string of the molecule is CCOC[C@H](CC(=O)[C@@H]1CCC[C@H](C(=O)N(CC(C)C)c2cc(OCCCO)c(C(C)C)cn2)[C@@H]1O)CC(C)C. The molecule has 40 heavy (non-hydrogen) atoms. The number of amides is 1. The maximum atomic E-state index is 14.0. The summed E-state index contributed by atoms with van der Waals surface area (Å²) in [7, 11) is 0. The van der Waals surface area contributed by atoms with Crippen LogP contribution in [0.25, 0.3) is 0 Å². The van der Waals surface area contributed by atoms with E-state index in [1.807, 2.05) is 20.8 Å². The lowest BCUT2D eigenvalue weighted by molar-refractivity contribution is -0.137. The van der Waals surface area contributed by atoms with Crippen molar-refractivity contribution in [1.82, 2.24) is 4.98 Å². The molecule has 4 atom stereocenters. The first-order valence-corrected chi connectivity index (χ1v) is 15.3. The van der Waals surface area contributed by atoms with Gasteiger partial charge in [0.2, 0.25) is 5.91 Å². The normalized spacial score (nSPS) is 20.2. The van der Waals surface area contributed by atoms with Crippen LogP contribution in [-0.4, -0.2) is 66.0 Å². The first-order chi connectivity index (χ1) is 19.0. The van der Waals surface area contributed by atoms with Crippen molar-refractivity contribution in [2.45, 2.75) is 99.0 Å². The topological polar surface area (TPSA) is 109 Å². The smallest absolute Gasteiger partial charge is 0.233 e. The molecule has 2 N–H and O–H groups in total. The predicted molar refractivity (Wildman–Crippen MR) is 159 cm³/mol. The molecule has 2 rings (SSSR count). The van der Waals surface area contributed by atoms with Crippen molar-refractivity contribution in [3.8, 4) is 5.75 Å². The van der Waals surface area contributed by atoms with E-state index in [1.165, 1.54) is 0 Å². The number of carbonyl (C=O) groups is 2. The van der Waals surface area contributed by atoms with Crippen LogP contribution in [0.3, 0.4) is 0 Å². The van der Waals surface area contributed by atoms with E-state index in [2.05, 4.69) is 32.7 Å². The second-order valence-corrected chi connectivity index (χ2v) is 12.5. The van der Waals surface area contributed by atoms with Crippen molar-refractivity contribution >= 4 is 17.5 Å². The average Bonchev–Trinajstić information content (AvgIpc) is 2.89. The number of rotatable bonds is 17. The summed E-state index contributed by atoms with van der Waals surface area (Å²) in [5.74, 6) is 0.658. The largest absolute Gasteiger partial charge is 0.493 e. The van der Waals surface area contributed by atoms with Gasteiger partial charge in [-0.05, 0) is 49.9 Å². The number of hydrogen-bond acceptors (Lipinski definition) is 7. The molecule has 228 valence electrons. The minimum Gasteiger partial charge on any atom is -0.493 e. The Morgan fingerprint density at radius 2 is 1.80 bits per heavy atom. The Labute approximate surface area is 241 Å². The van der Waals surface area contributed by atoms with Crippen molar-refractivity contribution in [2.75, 3.05) is 37.9 Å². The summed E-state index contributed by atoms with van der Waals surface area (Å²) in [6.07, 6.45) is 4.35. The van der Waals surface area contributed by atoms with Crippen molar-refractivity contribution in [2.24, 2.45) is 29.6 Å². The quantitative estimate of drug-likeness (QED) is 0.245. The molecular formula is C32H54N2O6. The summed E-state index contributed by atoms with van der Waals surface area (Å²) >= 11 is 0. The molecule has 1 aliphatic rings. The Kier molecular flexibility index (Phi) is 14.6. The first kappa shape index (κ1) is 34.2. The fourth-order valence-electron chi connectivity index (χ4n) is 5.65. The average molecular weight is 563 g/mol. The summed E-state index contributed by atoms with van der Waals surface area (Å²) < 4.78 is 11.6. The second kappa shape index (κ2) is 17.0. The van der Waals surface area contributed by atoms with Crippen LogP contribution < -0.4 is 9.64 Å². The van der Waals surface area contributed by atoms with Gasteiger partial charge in [-0.2, -0.15) is 0 Å². The van der Waals surface area contributed by atoms with Gasteiger partial charge in [0.15, 0.2) is 0 Å². The molecular weight excluding hydrogens is 508 g/mol. The van der Waals surface area contributed by atoms with Crippen molar-refractivity contribution < 1.29 is 29.3 Å². The number of Topliss-reactive ketones (excluding diaryl/α,β-unsaturated/α-hetero) is 1. The zero-order valence-electron chi connectivity index (χ0n) is 25.9. The van der Waals surface area contributed by atoms with E-state index in [9.17, 15) is 19.8 Å². The lowest BCUT2D eigenvalue weighted by Gasteiger charge is -2.37. The van der Waals surface area contributed by atoms with Gasteiger partial charge in [0.1, 0.15) is 17.4 Å². The van der Waals surface area contributed by atoms with Crippen LogP contribution >= 0.6 is 0 Å². The van der Waals surface area contributed by atoms with Crippen LogP contribution in [0.5, 0.6) is 5.75 Å². The molecule has 0 aliphatic heterocycles. The molecule has 0 saturated heterocycles. The van der Waals surface area contributed by atoms with Gasteiger partial charge >= 0.3 is 0 Å². The van der Waals surface area contributed by atoms with E-state index in [0.717, 1.165) is 18.4 Å². The Hall–Kier alpha value is -2.03. The van der Waals surface area contributed by atoms with Crippen LogP contribution in [-0.2, 0) is 14.3 Å². The molecule has 0 unspecified atom stereocenters. The number of nitrogens with zero attached hydrogens (tertiary/aromatic N) is 2. The summed E-state index contributed by atoms with van der Waals surface area (Å²) in [6.45, 7) is 16.4. The maximum Gasteiger partial charge on any atom is 0.233 e. The van der Waals surface area contributed by atoms with Gasteiger partial charge in [-0.15, -0.1) is 0 Å². The monoisotopic (exact) mass is 562 g/mol. The van der Waals surface area contributed by atoms with Gasteiger partial charge in [0.05, 0.1) is 18.6 Å². The number of ketones is 1. The van der Waals surface area contributed by atoms with Crippen LogP contribution in [0, 0.1) is 29.6 Å². The molecule has 1 heterocycles. The number of aromatic nitrogens is 1. The van der Waals surface area contributed by atoms with Gasteiger partial charge in [0.25, 0.3) is 0 Å². The van der Waals surface area contributed by atoms with Crippen molar-refractivity contribution in [1.29, 1.82) is 0 Å². The summed E-state index contributed by atoms with van der Waals surface area (Å²) in [5.41, 5.74) is 0.935. The predicted octanol–water partition coefficient (Wildman–Crippen LogP) is 5.39. The van der Waals surface area contributed by atoms with Gasteiger partial charge in [0, 0.05) is 63.0 Å². The third-order valence-electron chi connectivity index (χ3n) is 7.59. The summed E-state index contributed by atoms with van der Waals surface area (Å²) in [6, 6.07) is 1.80. The highest BCUT2D eigenvalue weighted by molar-refractivity contribution is 5.95. The lowest BCUT2D eigenvalue weighted by atomic mass is 9.74. The molecule has 8 heteroatoms. The number of anilines is 1. The van der Waals surface area contributed by atoms with E-state index in [1.54, 1.807) is 17.2 Å². The number of aliphatic hydroxyl groups excluding tert-OH is 2. The highest BCUT2D eigenvalue weighted by Gasteiger charge is 2.42. The Morgan fingerprint density at radius 1 is 1.10 bits per heavy atom. The summed E-state index contributed by atoms with van der Waals surface area (Å²) in [4.78, 5) is 33.8. The van der Waals surface area contributed by atoms with Crippen molar-refractivity contribution in [3.63, 3.8) is 0 Å². The van der Waals surface area contributed by atoms with Gasteiger partial charge in [-0.1, -0.05) is 48.0 Å². The highest BCUT2D eigenvalue weighted by atomic mass is 16.5. The number of hydrogen-bond donors (Lipinski definition) is 2. The van der Waals surface area contributed by atoms with E-state index < -0.39 is 17.9 Å². The fourth-order valence-corrected chi connectivity index (χ4v) is 5.65. The molecule has 0 bridgehead atoms. The third kappa shape index (κ3) is 10.1. The van der Waals surface area contributed by atoms with Gasteiger partial charge < -0.3 is 19.7 Å². The second-order valence-electron chi connectivity index (χ2n) is 12.5. The van der Waals surface area contributed by atoms with Crippen LogP contribution in [0.15, 0.2) is 12.3 Å². The Bertz CT molecular complexity index is 919. The van der Waals surface area contributed by atoms with Crippen molar-refractivity contribution in [3.05, 3.63) is 17.8 Å². The molecule has 1 aliphatic carbocycles. The van der Waals surface area contributed by atoms with Gasteiger partial charge in [-0.3, -0.25) is 14.5 Å². The summed E-state index contributed by atoms with van der Waals surface area (Å²) in [5, 5.41) is 20.6. The molecule has 8 nitrogen and oxygen atoms in total. The van der Waals surface area contributed by atoms with E-state index in [4.69, 9.17) is 9.47 Å². The number of pyridine rings is 1. The standard InChI is InChI=1S/C32H54N2O6/c1-8-39-20-24(15-21(2)3)16-28(36)25-11-9-12-26(31(25)37)32(38)34(19-22(4)5)30-17-29(40-14-10-13-35)27(18-33-30)23(6)7/h17-18,21-26,31,35,37H,8-16,19-20H2,1-7H3/t24-,25-,26-,31+/m0/s1. The fraction of sp³-hybridized carbons (Fsp3) is 0.781. The maximum absolute atomic E-state index is 14.0. The Morgan fingerprint density at radius 3 is 2.40 bits per heavy atom. The van der Waals surface area contributed by atoms with Crippen LogP contribution in [0.1, 0.15) is 98.5 Å². The minimum absolute atomic E-state index is 0.0322. The van der Waals surface area contributed by atoms with Crippen LogP contribution in [0.2, 0.25) is 0 Å². The zero-order chi connectivity index (χ0) is 29.8. The van der Waals surface area contributed by atoms with Gasteiger partial charge in [-0.25, -0.2) is 4.98 Å². The molecule has 1 aromatic rings. The first-order valence-electron chi connectivity index (χ1n) is 15.3. The Balaban J connectivity index is 2.29. The minimum atomic E-state index is -1.02. The number of aliphatic hydroxyl groups is 2.